The number of esters is 1. The van der Waals surface area contributed by atoms with Crippen LogP contribution < -0.4 is 5.32 Å². The number of thiazole rings is 1. The standard InChI is InChI=1S/C24H20N2O3S/c27-23(15-14-22-26-20-8-4-5-9-21(20)30-22)29-16-17-10-12-18(13-11-17)24(28)25-19-6-2-1-3-7-19/h1-13H,14-16H2,(H,25,28). The molecule has 0 radical (unpaired) electrons. The molecule has 1 N–H and O–H groups in total. The summed E-state index contributed by atoms with van der Waals surface area (Å²) in [6.45, 7) is 0.180. The number of hydrogen-bond donors (Lipinski definition) is 1. The topological polar surface area (TPSA) is 68.3 Å². The Kier molecular flexibility index (Phi) is 6.15. The minimum Gasteiger partial charge on any atom is -0.461 e. The summed E-state index contributed by atoms with van der Waals surface area (Å²) >= 11 is 1.60. The van der Waals surface area contributed by atoms with Gasteiger partial charge in [0.1, 0.15) is 6.61 Å². The molecular weight excluding hydrogens is 396 g/mol. The molecule has 150 valence electrons. The zero-order valence-electron chi connectivity index (χ0n) is 16.2. The van der Waals surface area contributed by atoms with Crippen LogP contribution in [-0.2, 0) is 22.6 Å². The van der Waals surface area contributed by atoms with E-state index in [9.17, 15) is 9.59 Å². The maximum Gasteiger partial charge on any atom is 0.306 e. The van der Waals surface area contributed by atoms with Crippen molar-refractivity contribution in [3.8, 4) is 0 Å². The fraction of sp³-hybridized carbons (Fsp3) is 0.125. The van der Waals surface area contributed by atoms with Gasteiger partial charge in [-0.25, -0.2) is 4.98 Å². The molecule has 0 aliphatic rings. The van der Waals surface area contributed by atoms with Crippen LogP contribution in [0.1, 0.15) is 27.3 Å². The van der Waals surface area contributed by atoms with E-state index in [4.69, 9.17) is 4.74 Å². The van der Waals surface area contributed by atoms with Crippen molar-refractivity contribution in [2.24, 2.45) is 0 Å². The van der Waals surface area contributed by atoms with Gasteiger partial charge in [-0.1, -0.05) is 42.5 Å². The molecule has 0 saturated heterocycles. The van der Waals surface area contributed by atoms with E-state index in [1.165, 1.54) is 0 Å². The normalized spacial score (nSPS) is 10.7. The summed E-state index contributed by atoms with van der Waals surface area (Å²) in [6.07, 6.45) is 0.855. The molecule has 0 atom stereocenters. The summed E-state index contributed by atoms with van der Waals surface area (Å²) in [5.41, 5.74) is 3.08. The van der Waals surface area contributed by atoms with Crippen LogP contribution in [0, 0.1) is 0 Å². The van der Waals surface area contributed by atoms with Crippen LogP contribution in [0.25, 0.3) is 10.2 Å². The lowest BCUT2D eigenvalue weighted by molar-refractivity contribution is -0.144. The Hall–Kier alpha value is -3.51. The first kappa shape index (κ1) is 19.8. The second-order valence-corrected chi connectivity index (χ2v) is 7.87. The van der Waals surface area contributed by atoms with Gasteiger partial charge in [0.2, 0.25) is 0 Å². The first-order chi connectivity index (χ1) is 14.7. The molecule has 0 saturated carbocycles. The van der Waals surface area contributed by atoms with Crippen molar-refractivity contribution >= 4 is 39.1 Å². The van der Waals surface area contributed by atoms with Crippen LogP contribution in [0.15, 0.2) is 78.9 Å². The third-order valence-corrected chi connectivity index (χ3v) is 5.62. The van der Waals surface area contributed by atoms with E-state index in [1.54, 1.807) is 35.6 Å². The van der Waals surface area contributed by atoms with Gasteiger partial charge in [0.05, 0.1) is 21.6 Å². The molecule has 1 amide bonds. The molecule has 0 bridgehead atoms. The lowest BCUT2D eigenvalue weighted by atomic mass is 10.1. The molecule has 5 nitrogen and oxygen atoms in total. The summed E-state index contributed by atoms with van der Waals surface area (Å²) in [5.74, 6) is -0.444. The third kappa shape index (κ3) is 5.10. The first-order valence-electron chi connectivity index (χ1n) is 9.63. The second-order valence-electron chi connectivity index (χ2n) is 6.75. The lowest BCUT2D eigenvalue weighted by Crippen LogP contribution is -2.12. The summed E-state index contributed by atoms with van der Waals surface area (Å²) in [5, 5.41) is 3.77. The van der Waals surface area contributed by atoms with Gasteiger partial charge in [0.25, 0.3) is 5.91 Å². The minimum atomic E-state index is -0.264. The Morgan fingerprint density at radius 3 is 2.40 bits per heavy atom. The van der Waals surface area contributed by atoms with Gasteiger partial charge in [-0.15, -0.1) is 11.3 Å². The minimum absolute atomic E-state index is 0.180. The summed E-state index contributed by atoms with van der Waals surface area (Å²) in [7, 11) is 0. The number of hydrogen-bond acceptors (Lipinski definition) is 5. The molecule has 4 aromatic rings. The molecule has 3 aromatic carbocycles. The molecule has 6 heteroatoms. The Morgan fingerprint density at radius 1 is 0.900 bits per heavy atom. The average Bonchev–Trinajstić information content (AvgIpc) is 3.20. The quantitative estimate of drug-likeness (QED) is 0.419. The third-order valence-electron chi connectivity index (χ3n) is 4.53. The van der Waals surface area contributed by atoms with Gasteiger partial charge in [-0.2, -0.15) is 0 Å². The maximum atomic E-state index is 12.3. The monoisotopic (exact) mass is 416 g/mol. The van der Waals surface area contributed by atoms with Crippen LogP contribution in [0.5, 0.6) is 0 Å². The SMILES string of the molecule is O=C(CCc1nc2ccccc2s1)OCc1ccc(C(=O)Nc2ccccc2)cc1. The van der Waals surface area contributed by atoms with Crippen molar-refractivity contribution in [1.82, 2.24) is 4.98 Å². The van der Waals surface area contributed by atoms with Crippen LogP contribution in [-0.4, -0.2) is 16.9 Å². The molecule has 4 rings (SSSR count). The molecule has 1 heterocycles. The largest absolute Gasteiger partial charge is 0.461 e. The fourth-order valence-corrected chi connectivity index (χ4v) is 3.92. The summed E-state index contributed by atoms with van der Waals surface area (Å²) < 4.78 is 6.48. The maximum absolute atomic E-state index is 12.3. The second kappa shape index (κ2) is 9.33. The van der Waals surface area contributed by atoms with Gasteiger partial charge in [0.15, 0.2) is 0 Å². The van der Waals surface area contributed by atoms with Crippen molar-refractivity contribution in [3.05, 3.63) is 95.0 Å². The smallest absolute Gasteiger partial charge is 0.306 e. The summed E-state index contributed by atoms with van der Waals surface area (Å²) in [6, 6.07) is 24.3. The number of rotatable bonds is 7. The Balaban J connectivity index is 1.25. The van der Waals surface area contributed by atoms with Crippen LogP contribution in [0.2, 0.25) is 0 Å². The van der Waals surface area contributed by atoms with E-state index in [1.807, 2.05) is 54.6 Å². The van der Waals surface area contributed by atoms with Gasteiger partial charge < -0.3 is 10.1 Å². The molecular formula is C24H20N2O3S. The van der Waals surface area contributed by atoms with E-state index >= 15 is 0 Å². The number of nitrogens with zero attached hydrogens (tertiary/aromatic N) is 1. The number of benzene rings is 3. The number of amides is 1. The molecule has 0 spiro atoms. The number of carbonyl (C=O) groups is 2. The van der Waals surface area contributed by atoms with Gasteiger partial charge in [-0.05, 0) is 42.0 Å². The van der Waals surface area contributed by atoms with Crippen LogP contribution in [0.3, 0.4) is 0 Å². The Morgan fingerprint density at radius 2 is 1.63 bits per heavy atom. The van der Waals surface area contributed by atoms with Crippen LogP contribution in [0.4, 0.5) is 5.69 Å². The molecule has 0 fully saturated rings. The van der Waals surface area contributed by atoms with E-state index in [0.717, 1.165) is 26.5 Å². The van der Waals surface area contributed by atoms with Gasteiger partial charge >= 0.3 is 5.97 Å². The number of para-hydroxylation sites is 2. The Bertz CT molecular complexity index is 1120. The van der Waals surface area contributed by atoms with Crippen molar-refractivity contribution < 1.29 is 14.3 Å². The van der Waals surface area contributed by atoms with E-state index < -0.39 is 0 Å². The highest BCUT2D eigenvalue weighted by Gasteiger charge is 2.09. The predicted octanol–water partition coefficient (Wildman–Crippen LogP) is 5.22. The van der Waals surface area contributed by atoms with Crippen molar-refractivity contribution in [2.45, 2.75) is 19.4 Å². The zero-order chi connectivity index (χ0) is 20.8. The average molecular weight is 417 g/mol. The van der Waals surface area contributed by atoms with Crippen molar-refractivity contribution in [2.75, 3.05) is 5.32 Å². The van der Waals surface area contributed by atoms with Gasteiger partial charge in [-0.3, -0.25) is 9.59 Å². The number of nitrogens with one attached hydrogen (secondary N) is 1. The molecule has 0 aliphatic heterocycles. The molecule has 1 aromatic heterocycles. The molecule has 30 heavy (non-hydrogen) atoms. The lowest BCUT2D eigenvalue weighted by Gasteiger charge is -2.07. The number of carbonyl (C=O) groups excluding carboxylic acids is 2. The summed E-state index contributed by atoms with van der Waals surface area (Å²) in [4.78, 5) is 28.9. The first-order valence-corrected chi connectivity index (χ1v) is 10.4. The van der Waals surface area contributed by atoms with E-state index in [0.29, 0.717) is 12.0 Å². The fourth-order valence-electron chi connectivity index (χ4n) is 2.95. The molecule has 0 unspecified atom stereocenters. The number of aromatic nitrogens is 1. The van der Waals surface area contributed by atoms with Crippen LogP contribution >= 0.6 is 11.3 Å². The zero-order valence-corrected chi connectivity index (χ0v) is 17.0. The number of fused-ring (bicyclic) bond motifs is 1. The number of aryl methyl sites for hydroxylation is 1. The molecule has 0 aliphatic carbocycles. The number of anilines is 1. The van der Waals surface area contributed by atoms with Gasteiger partial charge in [0, 0.05) is 17.7 Å². The van der Waals surface area contributed by atoms with E-state index in [2.05, 4.69) is 10.3 Å². The Labute approximate surface area is 178 Å². The number of ether oxygens (including phenoxy) is 1. The van der Waals surface area contributed by atoms with Crippen molar-refractivity contribution in [3.63, 3.8) is 0 Å². The highest BCUT2D eigenvalue weighted by molar-refractivity contribution is 7.18. The van der Waals surface area contributed by atoms with E-state index in [-0.39, 0.29) is 24.9 Å². The highest BCUT2D eigenvalue weighted by Crippen LogP contribution is 2.22. The predicted molar refractivity (Wildman–Crippen MR) is 119 cm³/mol. The highest BCUT2D eigenvalue weighted by atomic mass is 32.1. The van der Waals surface area contributed by atoms with Crippen molar-refractivity contribution in [1.29, 1.82) is 0 Å².